The fourth-order valence-corrected chi connectivity index (χ4v) is 2.13. The topological polar surface area (TPSA) is 63.9 Å². The summed E-state index contributed by atoms with van der Waals surface area (Å²) in [6.45, 7) is 4.47. The van der Waals surface area contributed by atoms with Gasteiger partial charge in [0.25, 0.3) is 0 Å². The van der Waals surface area contributed by atoms with Crippen molar-refractivity contribution >= 4 is 17.5 Å². The number of ether oxygens (including phenoxy) is 1. The van der Waals surface area contributed by atoms with Crippen LogP contribution >= 0.6 is 0 Å². The van der Waals surface area contributed by atoms with E-state index in [9.17, 15) is 9.59 Å². The fraction of sp³-hybridized carbons (Fsp3) is 0.438. The molecule has 0 aliphatic rings. The van der Waals surface area contributed by atoms with Crippen LogP contribution in [0.3, 0.4) is 0 Å². The van der Waals surface area contributed by atoms with E-state index in [0.29, 0.717) is 13.2 Å². The van der Waals surface area contributed by atoms with Crippen molar-refractivity contribution in [3.63, 3.8) is 0 Å². The van der Waals surface area contributed by atoms with Crippen LogP contribution in [-0.2, 0) is 20.7 Å². The van der Waals surface area contributed by atoms with Gasteiger partial charge in [-0.05, 0) is 31.5 Å². The minimum absolute atomic E-state index is 0.0653. The number of carbonyl (C=O) groups is 2. The number of amides is 1. The van der Waals surface area contributed by atoms with Crippen LogP contribution in [0.25, 0.3) is 5.65 Å². The third kappa shape index (κ3) is 4.07. The number of esters is 1. The Morgan fingerprint density at radius 3 is 2.91 bits per heavy atom. The highest BCUT2D eigenvalue weighted by molar-refractivity contribution is 5.79. The van der Waals surface area contributed by atoms with Crippen molar-refractivity contribution in [2.45, 2.75) is 26.7 Å². The molecule has 0 aliphatic carbocycles. The maximum atomic E-state index is 12.2. The molecular weight excluding hydrogens is 282 g/mol. The molecule has 0 fully saturated rings. The number of fused-ring (bicyclic) bond motifs is 1. The first-order chi connectivity index (χ1) is 10.5. The maximum Gasteiger partial charge on any atom is 0.307 e. The highest BCUT2D eigenvalue weighted by atomic mass is 16.5. The predicted octanol–water partition coefficient (Wildman–Crippen LogP) is 1.60. The average molecular weight is 303 g/mol. The van der Waals surface area contributed by atoms with Gasteiger partial charge in [-0.2, -0.15) is 0 Å². The standard InChI is InChI=1S/C16H21N3O3/c1-4-22-16(21)6-7-18(3)15(20)10-13-11-19-8-5-12(2)9-14(19)17-13/h5,8-9,11H,4,6-7,10H2,1-3H3. The van der Waals surface area contributed by atoms with Crippen molar-refractivity contribution in [2.24, 2.45) is 0 Å². The van der Waals surface area contributed by atoms with Crippen LogP contribution in [0.2, 0.25) is 0 Å². The maximum absolute atomic E-state index is 12.2. The second-order valence-electron chi connectivity index (χ2n) is 5.25. The summed E-state index contributed by atoms with van der Waals surface area (Å²) in [7, 11) is 1.68. The Hall–Kier alpha value is -2.37. The number of likely N-dealkylation sites (N-methyl/N-ethyl adjacent to an activating group) is 1. The summed E-state index contributed by atoms with van der Waals surface area (Å²) in [5.41, 5.74) is 2.68. The molecule has 0 aromatic carbocycles. The van der Waals surface area contributed by atoms with Gasteiger partial charge in [0.2, 0.25) is 5.91 Å². The molecule has 2 aromatic rings. The summed E-state index contributed by atoms with van der Waals surface area (Å²) in [5.74, 6) is -0.352. The number of aryl methyl sites for hydroxylation is 1. The van der Waals surface area contributed by atoms with Gasteiger partial charge in [-0.1, -0.05) is 0 Å². The molecule has 22 heavy (non-hydrogen) atoms. The Bertz CT molecular complexity index is 678. The molecule has 6 heteroatoms. The first kappa shape index (κ1) is 16.0. The summed E-state index contributed by atoms with van der Waals surface area (Å²) in [6, 6.07) is 3.96. The van der Waals surface area contributed by atoms with Gasteiger partial charge < -0.3 is 14.0 Å². The van der Waals surface area contributed by atoms with Gasteiger partial charge >= 0.3 is 5.97 Å². The molecule has 2 rings (SSSR count). The van der Waals surface area contributed by atoms with Crippen LogP contribution in [-0.4, -0.2) is 46.4 Å². The molecule has 0 atom stereocenters. The van der Waals surface area contributed by atoms with Crippen molar-refractivity contribution in [3.05, 3.63) is 35.8 Å². The highest BCUT2D eigenvalue weighted by Crippen LogP contribution is 2.09. The third-order valence-corrected chi connectivity index (χ3v) is 3.38. The molecule has 6 nitrogen and oxygen atoms in total. The Morgan fingerprint density at radius 2 is 2.18 bits per heavy atom. The number of rotatable bonds is 6. The van der Waals surface area contributed by atoms with Crippen LogP contribution in [0.15, 0.2) is 24.5 Å². The van der Waals surface area contributed by atoms with Crippen LogP contribution in [0.1, 0.15) is 24.6 Å². The highest BCUT2D eigenvalue weighted by Gasteiger charge is 2.14. The minimum atomic E-state index is -0.287. The summed E-state index contributed by atoms with van der Waals surface area (Å²) in [4.78, 5) is 29.4. The average Bonchev–Trinajstić information content (AvgIpc) is 2.86. The quantitative estimate of drug-likeness (QED) is 0.760. The molecule has 0 radical (unpaired) electrons. The van der Waals surface area contributed by atoms with Gasteiger partial charge in [0.15, 0.2) is 0 Å². The van der Waals surface area contributed by atoms with E-state index in [1.807, 2.05) is 35.9 Å². The Labute approximate surface area is 129 Å². The molecule has 2 heterocycles. The zero-order valence-electron chi connectivity index (χ0n) is 13.2. The lowest BCUT2D eigenvalue weighted by Crippen LogP contribution is -2.30. The normalized spacial score (nSPS) is 10.7. The van der Waals surface area contributed by atoms with Crippen LogP contribution in [0.5, 0.6) is 0 Å². The van der Waals surface area contributed by atoms with Crippen molar-refractivity contribution in [1.29, 1.82) is 0 Å². The monoisotopic (exact) mass is 303 g/mol. The lowest BCUT2D eigenvalue weighted by Gasteiger charge is -2.15. The lowest BCUT2D eigenvalue weighted by atomic mass is 10.3. The van der Waals surface area contributed by atoms with E-state index in [-0.39, 0.29) is 24.7 Å². The second-order valence-corrected chi connectivity index (χ2v) is 5.25. The Morgan fingerprint density at radius 1 is 1.41 bits per heavy atom. The van der Waals surface area contributed by atoms with Gasteiger partial charge in [0, 0.05) is 26.0 Å². The number of carbonyl (C=O) groups excluding carboxylic acids is 2. The van der Waals surface area contributed by atoms with Crippen molar-refractivity contribution in [3.8, 4) is 0 Å². The molecule has 0 N–H and O–H groups in total. The zero-order valence-corrected chi connectivity index (χ0v) is 13.2. The molecule has 0 unspecified atom stereocenters. The SMILES string of the molecule is CCOC(=O)CCN(C)C(=O)Cc1cn2ccc(C)cc2n1. The summed E-state index contributed by atoms with van der Waals surface area (Å²) >= 11 is 0. The third-order valence-electron chi connectivity index (χ3n) is 3.38. The van der Waals surface area contributed by atoms with Gasteiger partial charge in [0.05, 0.1) is 25.1 Å². The van der Waals surface area contributed by atoms with E-state index in [1.165, 1.54) is 4.90 Å². The molecular formula is C16H21N3O3. The molecule has 2 aromatic heterocycles. The van der Waals surface area contributed by atoms with Crippen LogP contribution in [0, 0.1) is 6.92 Å². The predicted molar refractivity (Wildman–Crippen MR) is 82.5 cm³/mol. The second kappa shape index (κ2) is 7.06. The van der Waals surface area contributed by atoms with Gasteiger partial charge in [0.1, 0.15) is 5.65 Å². The number of hydrogen-bond acceptors (Lipinski definition) is 4. The van der Waals surface area contributed by atoms with E-state index in [4.69, 9.17) is 4.74 Å². The van der Waals surface area contributed by atoms with Crippen molar-refractivity contribution < 1.29 is 14.3 Å². The van der Waals surface area contributed by atoms with E-state index in [0.717, 1.165) is 16.9 Å². The summed E-state index contributed by atoms with van der Waals surface area (Å²) in [5, 5.41) is 0. The lowest BCUT2D eigenvalue weighted by molar-refractivity contribution is -0.143. The van der Waals surface area contributed by atoms with Gasteiger partial charge in [-0.3, -0.25) is 9.59 Å². The van der Waals surface area contributed by atoms with E-state index < -0.39 is 0 Å². The number of hydrogen-bond donors (Lipinski definition) is 0. The summed E-state index contributed by atoms with van der Waals surface area (Å²) < 4.78 is 6.75. The first-order valence-corrected chi connectivity index (χ1v) is 7.33. The fourth-order valence-electron chi connectivity index (χ4n) is 2.13. The molecule has 0 saturated heterocycles. The number of imidazole rings is 1. The molecule has 1 amide bonds. The minimum Gasteiger partial charge on any atom is -0.466 e. The van der Waals surface area contributed by atoms with Crippen LogP contribution in [0.4, 0.5) is 0 Å². The van der Waals surface area contributed by atoms with E-state index >= 15 is 0 Å². The van der Waals surface area contributed by atoms with Crippen molar-refractivity contribution in [1.82, 2.24) is 14.3 Å². The number of aromatic nitrogens is 2. The van der Waals surface area contributed by atoms with Gasteiger partial charge in [-0.15, -0.1) is 0 Å². The molecule has 118 valence electrons. The zero-order chi connectivity index (χ0) is 16.1. The largest absolute Gasteiger partial charge is 0.466 e. The van der Waals surface area contributed by atoms with Crippen molar-refractivity contribution in [2.75, 3.05) is 20.2 Å². The Kier molecular flexibility index (Phi) is 5.14. The van der Waals surface area contributed by atoms with E-state index in [1.54, 1.807) is 14.0 Å². The molecule has 0 saturated carbocycles. The Balaban J connectivity index is 1.93. The van der Waals surface area contributed by atoms with Gasteiger partial charge in [-0.25, -0.2) is 4.98 Å². The molecule has 0 bridgehead atoms. The molecule has 0 aliphatic heterocycles. The summed E-state index contributed by atoms with van der Waals surface area (Å²) in [6.07, 6.45) is 4.21. The first-order valence-electron chi connectivity index (χ1n) is 7.33. The smallest absolute Gasteiger partial charge is 0.307 e. The number of pyridine rings is 1. The van der Waals surface area contributed by atoms with E-state index in [2.05, 4.69) is 4.98 Å². The van der Waals surface area contributed by atoms with Crippen LogP contribution < -0.4 is 0 Å². The molecule has 0 spiro atoms. The number of nitrogens with zero attached hydrogens (tertiary/aromatic N) is 3.